The predicted molar refractivity (Wildman–Crippen MR) is 119 cm³/mol. The van der Waals surface area contributed by atoms with Gasteiger partial charge < -0.3 is 24.4 Å². The average Bonchev–Trinajstić information content (AvgIpc) is 3.17. The number of benzene rings is 2. The molecule has 2 aromatic carbocycles. The summed E-state index contributed by atoms with van der Waals surface area (Å²) < 4.78 is 16.5. The minimum absolute atomic E-state index is 0.0544. The number of nitrogens with zero attached hydrogens (tertiary/aromatic N) is 1. The van der Waals surface area contributed by atoms with Crippen molar-refractivity contribution in [1.82, 2.24) is 5.32 Å². The van der Waals surface area contributed by atoms with E-state index in [-0.39, 0.29) is 24.2 Å². The summed E-state index contributed by atoms with van der Waals surface area (Å²) in [6.45, 7) is 5.85. The van der Waals surface area contributed by atoms with Gasteiger partial charge in [-0.2, -0.15) is 0 Å². The first-order valence-electron chi connectivity index (χ1n) is 10.7. The van der Waals surface area contributed by atoms with Crippen LogP contribution in [0.3, 0.4) is 0 Å². The SMILES string of the molecule is CCOc1ccc(CCNC(=O)C2CC(=O)N(c3cccc(OC)c3)C2)cc1OCC. The van der Waals surface area contributed by atoms with E-state index in [9.17, 15) is 9.59 Å². The molecule has 1 saturated heterocycles. The van der Waals surface area contributed by atoms with Crippen LogP contribution in [0.2, 0.25) is 0 Å². The molecule has 0 radical (unpaired) electrons. The molecule has 1 fully saturated rings. The van der Waals surface area contributed by atoms with Crippen LogP contribution in [0, 0.1) is 5.92 Å². The second-order valence-electron chi connectivity index (χ2n) is 7.30. The summed E-state index contributed by atoms with van der Waals surface area (Å²) in [7, 11) is 1.59. The molecule has 0 aromatic heterocycles. The predicted octanol–water partition coefficient (Wildman–Crippen LogP) is 3.20. The Balaban J connectivity index is 1.54. The van der Waals surface area contributed by atoms with Crippen molar-refractivity contribution >= 4 is 17.5 Å². The van der Waals surface area contributed by atoms with Crippen LogP contribution in [0.25, 0.3) is 0 Å². The Bertz CT molecular complexity index is 915. The molecule has 1 atom stereocenters. The summed E-state index contributed by atoms with van der Waals surface area (Å²) in [6, 6.07) is 13.1. The molecular weight excluding hydrogens is 396 g/mol. The van der Waals surface area contributed by atoms with Crippen molar-refractivity contribution in [2.75, 3.05) is 38.3 Å². The number of hydrogen-bond donors (Lipinski definition) is 1. The Morgan fingerprint density at radius 3 is 2.61 bits per heavy atom. The third kappa shape index (κ3) is 5.69. The number of carbonyl (C=O) groups is 2. The van der Waals surface area contributed by atoms with Crippen LogP contribution in [0.4, 0.5) is 5.69 Å². The number of rotatable bonds is 10. The van der Waals surface area contributed by atoms with E-state index in [0.717, 1.165) is 17.0 Å². The van der Waals surface area contributed by atoms with E-state index in [0.29, 0.717) is 44.2 Å². The first-order chi connectivity index (χ1) is 15.0. The third-order valence-corrected chi connectivity index (χ3v) is 5.18. The van der Waals surface area contributed by atoms with Gasteiger partial charge in [0.1, 0.15) is 5.75 Å². The van der Waals surface area contributed by atoms with Crippen LogP contribution in [0.1, 0.15) is 25.8 Å². The van der Waals surface area contributed by atoms with Gasteiger partial charge in [0.15, 0.2) is 11.5 Å². The minimum atomic E-state index is -0.363. The largest absolute Gasteiger partial charge is 0.497 e. The highest BCUT2D eigenvalue weighted by atomic mass is 16.5. The summed E-state index contributed by atoms with van der Waals surface area (Å²) in [6.07, 6.45) is 0.874. The third-order valence-electron chi connectivity index (χ3n) is 5.18. The molecule has 1 unspecified atom stereocenters. The smallest absolute Gasteiger partial charge is 0.227 e. The fourth-order valence-electron chi connectivity index (χ4n) is 3.64. The Morgan fingerprint density at radius 1 is 1.10 bits per heavy atom. The van der Waals surface area contributed by atoms with Crippen molar-refractivity contribution in [2.24, 2.45) is 5.92 Å². The van der Waals surface area contributed by atoms with Crippen molar-refractivity contribution in [3.63, 3.8) is 0 Å². The zero-order valence-electron chi connectivity index (χ0n) is 18.3. The molecule has 0 spiro atoms. The number of methoxy groups -OCH3 is 1. The van der Waals surface area contributed by atoms with Gasteiger partial charge in [-0.15, -0.1) is 0 Å². The molecule has 0 saturated carbocycles. The van der Waals surface area contributed by atoms with E-state index in [4.69, 9.17) is 14.2 Å². The van der Waals surface area contributed by atoms with Gasteiger partial charge in [0, 0.05) is 31.3 Å². The van der Waals surface area contributed by atoms with Gasteiger partial charge in [-0.3, -0.25) is 9.59 Å². The molecule has 1 N–H and O–H groups in total. The number of anilines is 1. The van der Waals surface area contributed by atoms with Crippen molar-refractivity contribution in [2.45, 2.75) is 26.7 Å². The fraction of sp³-hybridized carbons (Fsp3) is 0.417. The zero-order valence-corrected chi connectivity index (χ0v) is 18.3. The van der Waals surface area contributed by atoms with Gasteiger partial charge in [-0.25, -0.2) is 0 Å². The quantitative estimate of drug-likeness (QED) is 0.631. The minimum Gasteiger partial charge on any atom is -0.497 e. The van der Waals surface area contributed by atoms with Crippen LogP contribution < -0.4 is 24.4 Å². The first-order valence-corrected chi connectivity index (χ1v) is 10.7. The lowest BCUT2D eigenvalue weighted by Gasteiger charge is -2.17. The highest BCUT2D eigenvalue weighted by Gasteiger charge is 2.35. The van der Waals surface area contributed by atoms with Gasteiger partial charge in [-0.1, -0.05) is 12.1 Å². The monoisotopic (exact) mass is 426 g/mol. The van der Waals surface area contributed by atoms with Crippen molar-refractivity contribution in [3.8, 4) is 17.2 Å². The van der Waals surface area contributed by atoms with Crippen molar-refractivity contribution < 1.29 is 23.8 Å². The fourth-order valence-corrected chi connectivity index (χ4v) is 3.64. The van der Waals surface area contributed by atoms with Gasteiger partial charge >= 0.3 is 0 Å². The molecule has 1 aliphatic rings. The summed E-state index contributed by atoms with van der Waals surface area (Å²) in [4.78, 5) is 26.7. The van der Waals surface area contributed by atoms with Crippen LogP contribution in [0.15, 0.2) is 42.5 Å². The Labute approximate surface area is 183 Å². The summed E-state index contributed by atoms with van der Waals surface area (Å²) in [5.41, 5.74) is 1.80. The molecule has 1 aliphatic heterocycles. The van der Waals surface area contributed by atoms with Gasteiger partial charge in [0.2, 0.25) is 11.8 Å². The Kier molecular flexibility index (Phi) is 7.76. The van der Waals surface area contributed by atoms with Crippen LogP contribution >= 0.6 is 0 Å². The maximum Gasteiger partial charge on any atom is 0.227 e. The molecule has 7 nitrogen and oxygen atoms in total. The van der Waals surface area contributed by atoms with E-state index in [2.05, 4.69) is 5.32 Å². The summed E-state index contributed by atoms with van der Waals surface area (Å²) in [5, 5.41) is 2.96. The number of carbonyl (C=O) groups excluding carboxylic acids is 2. The standard InChI is InChI=1S/C24H30N2O5/c1-4-30-21-10-9-17(13-22(21)31-5-2)11-12-25-24(28)18-14-23(27)26(16-18)19-7-6-8-20(15-19)29-3/h6-10,13,15,18H,4-5,11-12,14,16H2,1-3H3,(H,25,28). The Morgan fingerprint density at radius 2 is 1.87 bits per heavy atom. The van der Waals surface area contributed by atoms with Crippen molar-refractivity contribution in [3.05, 3.63) is 48.0 Å². The zero-order chi connectivity index (χ0) is 22.2. The van der Waals surface area contributed by atoms with E-state index in [1.54, 1.807) is 18.1 Å². The van der Waals surface area contributed by atoms with Gasteiger partial charge in [0.25, 0.3) is 0 Å². The van der Waals surface area contributed by atoms with E-state index >= 15 is 0 Å². The average molecular weight is 427 g/mol. The maximum absolute atomic E-state index is 12.6. The second kappa shape index (κ2) is 10.7. The van der Waals surface area contributed by atoms with Crippen LogP contribution in [-0.2, 0) is 16.0 Å². The lowest BCUT2D eigenvalue weighted by Crippen LogP contribution is -2.34. The number of amides is 2. The first kappa shape index (κ1) is 22.5. The molecule has 2 aromatic rings. The maximum atomic E-state index is 12.6. The summed E-state index contributed by atoms with van der Waals surface area (Å²) in [5.74, 6) is 1.59. The molecule has 2 amide bonds. The van der Waals surface area contributed by atoms with Gasteiger partial charge in [-0.05, 0) is 50.1 Å². The van der Waals surface area contributed by atoms with Crippen LogP contribution in [-0.4, -0.2) is 45.2 Å². The molecule has 31 heavy (non-hydrogen) atoms. The number of ether oxygens (including phenoxy) is 3. The van der Waals surface area contributed by atoms with Gasteiger partial charge in [0.05, 0.1) is 26.2 Å². The normalized spacial score (nSPS) is 15.6. The topological polar surface area (TPSA) is 77.1 Å². The number of nitrogens with one attached hydrogen (secondary N) is 1. The molecular formula is C24H30N2O5. The van der Waals surface area contributed by atoms with E-state index in [1.807, 2.05) is 50.2 Å². The highest BCUT2D eigenvalue weighted by Crippen LogP contribution is 2.29. The molecule has 0 aliphatic carbocycles. The lowest BCUT2D eigenvalue weighted by atomic mass is 10.1. The molecule has 3 rings (SSSR count). The molecule has 7 heteroatoms. The Hall–Kier alpha value is -3.22. The second-order valence-corrected chi connectivity index (χ2v) is 7.30. The van der Waals surface area contributed by atoms with Crippen molar-refractivity contribution in [1.29, 1.82) is 0 Å². The lowest BCUT2D eigenvalue weighted by molar-refractivity contribution is -0.126. The molecule has 166 valence electrons. The molecule has 1 heterocycles. The highest BCUT2D eigenvalue weighted by molar-refractivity contribution is 6.00. The number of hydrogen-bond acceptors (Lipinski definition) is 5. The summed E-state index contributed by atoms with van der Waals surface area (Å²) >= 11 is 0. The molecule has 0 bridgehead atoms. The van der Waals surface area contributed by atoms with E-state index < -0.39 is 0 Å². The van der Waals surface area contributed by atoms with E-state index in [1.165, 1.54) is 0 Å². The van der Waals surface area contributed by atoms with Crippen LogP contribution in [0.5, 0.6) is 17.2 Å².